The smallest absolute Gasteiger partial charge is 0.144 e. The molecule has 1 aliphatic heterocycles. The predicted octanol–water partition coefficient (Wildman–Crippen LogP) is 0.936. The second-order valence-electron chi connectivity index (χ2n) is 2.81. The van der Waals surface area contributed by atoms with Crippen molar-refractivity contribution in [3.63, 3.8) is 0 Å². The summed E-state index contributed by atoms with van der Waals surface area (Å²) in [5, 5.41) is 5.02. The van der Waals surface area contributed by atoms with Gasteiger partial charge in [-0.2, -0.15) is 5.10 Å². The summed E-state index contributed by atoms with van der Waals surface area (Å²) in [6.45, 7) is 0. The van der Waals surface area contributed by atoms with Crippen molar-refractivity contribution in [3.05, 3.63) is 29.8 Å². The van der Waals surface area contributed by atoms with Crippen LogP contribution in [0.5, 0.6) is 5.75 Å². The van der Waals surface area contributed by atoms with E-state index in [4.69, 9.17) is 10.5 Å². The van der Waals surface area contributed by atoms with E-state index in [9.17, 15) is 0 Å². The van der Waals surface area contributed by atoms with E-state index in [0.717, 1.165) is 16.4 Å². The standard InChI is InChI=1S/C9H11N3OS/c1-13-7-4-2-6(3-5-7)8-11-12-9(10)14-8/h2-5,9,12H,10H2,1H3. The Bertz CT molecular complexity index is 350. The minimum Gasteiger partial charge on any atom is -0.497 e. The normalized spacial score (nSPS) is 20.1. The van der Waals surface area contributed by atoms with Crippen LogP contribution in [0.15, 0.2) is 29.4 Å². The van der Waals surface area contributed by atoms with E-state index in [2.05, 4.69) is 10.5 Å². The highest BCUT2D eigenvalue weighted by Gasteiger charge is 2.16. The number of nitrogens with two attached hydrogens (primary N) is 1. The Morgan fingerprint density at radius 2 is 2.14 bits per heavy atom. The molecule has 0 spiro atoms. The molecule has 1 aromatic carbocycles. The van der Waals surface area contributed by atoms with Crippen molar-refractivity contribution in [1.29, 1.82) is 0 Å². The van der Waals surface area contributed by atoms with Crippen LogP contribution in [0.1, 0.15) is 5.56 Å². The van der Waals surface area contributed by atoms with E-state index in [-0.39, 0.29) is 5.50 Å². The van der Waals surface area contributed by atoms with E-state index in [1.807, 2.05) is 24.3 Å². The van der Waals surface area contributed by atoms with Crippen LogP contribution in [0.25, 0.3) is 0 Å². The Labute approximate surface area is 86.5 Å². The third-order valence-electron chi connectivity index (χ3n) is 1.87. The molecule has 3 N–H and O–H groups in total. The number of benzene rings is 1. The number of nitrogens with zero attached hydrogens (tertiary/aromatic N) is 1. The Kier molecular flexibility index (Phi) is 2.60. The summed E-state index contributed by atoms with van der Waals surface area (Å²) < 4.78 is 5.07. The summed E-state index contributed by atoms with van der Waals surface area (Å²) in [7, 11) is 1.65. The van der Waals surface area contributed by atoms with E-state index in [0.29, 0.717) is 0 Å². The van der Waals surface area contributed by atoms with Crippen molar-refractivity contribution in [2.24, 2.45) is 10.8 Å². The molecular formula is C9H11N3OS. The number of hydrazone groups is 1. The van der Waals surface area contributed by atoms with Gasteiger partial charge in [0.1, 0.15) is 16.3 Å². The molecule has 0 fully saturated rings. The van der Waals surface area contributed by atoms with Gasteiger partial charge in [0.25, 0.3) is 0 Å². The lowest BCUT2D eigenvalue weighted by Crippen LogP contribution is -2.25. The van der Waals surface area contributed by atoms with E-state index in [1.54, 1.807) is 7.11 Å². The van der Waals surface area contributed by atoms with Gasteiger partial charge in [0.15, 0.2) is 0 Å². The molecule has 1 aromatic rings. The van der Waals surface area contributed by atoms with Gasteiger partial charge in [-0.25, -0.2) is 0 Å². The van der Waals surface area contributed by atoms with Crippen molar-refractivity contribution in [1.82, 2.24) is 5.43 Å². The fraction of sp³-hybridized carbons (Fsp3) is 0.222. The molecule has 0 saturated carbocycles. The van der Waals surface area contributed by atoms with Crippen molar-refractivity contribution >= 4 is 16.8 Å². The second-order valence-corrected chi connectivity index (χ2v) is 3.94. The Morgan fingerprint density at radius 3 is 2.64 bits per heavy atom. The molecule has 0 saturated heterocycles. The number of thioether (sulfide) groups is 1. The lowest BCUT2D eigenvalue weighted by Gasteiger charge is -2.02. The zero-order valence-electron chi connectivity index (χ0n) is 7.73. The van der Waals surface area contributed by atoms with Crippen LogP contribution in [-0.2, 0) is 0 Å². The van der Waals surface area contributed by atoms with Crippen LogP contribution in [0.4, 0.5) is 0 Å². The molecule has 2 rings (SSSR count). The third kappa shape index (κ3) is 1.83. The number of rotatable bonds is 2. The second kappa shape index (κ2) is 3.89. The van der Waals surface area contributed by atoms with Crippen molar-refractivity contribution in [2.75, 3.05) is 7.11 Å². The molecule has 1 atom stereocenters. The number of ether oxygens (including phenoxy) is 1. The van der Waals surface area contributed by atoms with Gasteiger partial charge >= 0.3 is 0 Å². The number of hydrogen-bond donors (Lipinski definition) is 2. The molecule has 74 valence electrons. The first-order valence-electron chi connectivity index (χ1n) is 4.19. The average molecular weight is 209 g/mol. The molecule has 4 nitrogen and oxygen atoms in total. The fourth-order valence-corrected chi connectivity index (χ4v) is 1.88. The first-order chi connectivity index (χ1) is 6.79. The van der Waals surface area contributed by atoms with Crippen LogP contribution in [0.2, 0.25) is 0 Å². The maximum Gasteiger partial charge on any atom is 0.144 e. The average Bonchev–Trinajstić information content (AvgIpc) is 2.65. The summed E-state index contributed by atoms with van der Waals surface area (Å²) in [6, 6.07) is 7.74. The summed E-state index contributed by atoms with van der Waals surface area (Å²) >= 11 is 1.51. The number of hydrogen-bond acceptors (Lipinski definition) is 5. The highest BCUT2D eigenvalue weighted by Crippen LogP contribution is 2.21. The molecule has 0 radical (unpaired) electrons. The molecule has 0 aliphatic carbocycles. The monoisotopic (exact) mass is 209 g/mol. The molecule has 0 aromatic heterocycles. The Balaban J connectivity index is 2.17. The highest BCUT2D eigenvalue weighted by molar-refractivity contribution is 8.15. The van der Waals surface area contributed by atoms with Gasteiger partial charge in [-0.05, 0) is 24.3 Å². The van der Waals surface area contributed by atoms with Crippen LogP contribution in [-0.4, -0.2) is 17.7 Å². The molecule has 1 aliphatic rings. The number of methoxy groups -OCH3 is 1. The first kappa shape index (κ1) is 9.36. The number of nitrogens with one attached hydrogen (secondary N) is 1. The van der Waals surface area contributed by atoms with Gasteiger partial charge in [0.05, 0.1) is 7.11 Å². The zero-order valence-corrected chi connectivity index (χ0v) is 8.54. The quantitative estimate of drug-likeness (QED) is 0.761. The van der Waals surface area contributed by atoms with Crippen molar-refractivity contribution in [2.45, 2.75) is 5.50 Å². The summed E-state index contributed by atoms with van der Waals surface area (Å²) in [5.41, 5.74) is 9.34. The van der Waals surface area contributed by atoms with Crippen molar-refractivity contribution in [3.8, 4) is 5.75 Å². The minimum atomic E-state index is -0.132. The summed E-state index contributed by atoms with van der Waals surface area (Å²) in [5.74, 6) is 0.842. The van der Waals surface area contributed by atoms with Crippen LogP contribution < -0.4 is 15.9 Å². The zero-order chi connectivity index (χ0) is 9.97. The van der Waals surface area contributed by atoms with Crippen LogP contribution >= 0.6 is 11.8 Å². The predicted molar refractivity (Wildman–Crippen MR) is 58.2 cm³/mol. The van der Waals surface area contributed by atoms with E-state index < -0.39 is 0 Å². The van der Waals surface area contributed by atoms with E-state index in [1.165, 1.54) is 11.8 Å². The minimum absolute atomic E-state index is 0.132. The highest BCUT2D eigenvalue weighted by atomic mass is 32.2. The molecule has 0 bridgehead atoms. The third-order valence-corrected chi connectivity index (χ3v) is 2.78. The lowest BCUT2D eigenvalue weighted by molar-refractivity contribution is 0.415. The fourth-order valence-electron chi connectivity index (χ4n) is 1.16. The van der Waals surface area contributed by atoms with Crippen LogP contribution in [0, 0.1) is 0 Å². The lowest BCUT2D eigenvalue weighted by atomic mass is 10.2. The Morgan fingerprint density at radius 1 is 1.43 bits per heavy atom. The maximum absolute atomic E-state index is 5.63. The molecule has 0 amide bonds. The SMILES string of the molecule is COc1ccc(C2=NNC(N)S2)cc1. The van der Waals surface area contributed by atoms with Gasteiger partial charge < -0.3 is 10.5 Å². The van der Waals surface area contributed by atoms with Gasteiger partial charge in [-0.15, -0.1) is 0 Å². The molecule has 5 heteroatoms. The summed E-state index contributed by atoms with van der Waals surface area (Å²) in [6.07, 6.45) is 0. The molecule has 1 unspecified atom stereocenters. The van der Waals surface area contributed by atoms with Gasteiger partial charge in [-0.1, -0.05) is 11.8 Å². The van der Waals surface area contributed by atoms with Gasteiger partial charge in [0, 0.05) is 5.56 Å². The van der Waals surface area contributed by atoms with Gasteiger partial charge in [0.2, 0.25) is 0 Å². The Hall–Kier alpha value is -1.20. The largest absolute Gasteiger partial charge is 0.497 e. The molecule has 14 heavy (non-hydrogen) atoms. The van der Waals surface area contributed by atoms with E-state index >= 15 is 0 Å². The molecule has 1 heterocycles. The molecular weight excluding hydrogens is 198 g/mol. The summed E-state index contributed by atoms with van der Waals surface area (Å²) in [4.78, 5) is 0. The maximum atomic E-state index is 5.63. The topological polar surface area (TPSA) is 59.6 Å². The van der Waals surface area contributed by atoms with Gasteiger partial charge in [-0.3, -0.25) is 5.43 Å². The first-order valence-corrected chi connectivity index (χ1v) is 5.07. The van der Waals surface area contributed by atoms with Crippen LogP contribution in [0.3, 0.4) is 0 Å². The van der Waals surface area contributed by atoms with Crippen molar-refractivity contribution < 1.29 is 4.74 Å².